The summed E-state index contributed by atoms with van der Waals surface area (Å²) in [6.45, 7) is 6.34. The van der Waals surface area contributed by atoms with Crippen LogP contribution in [0.5, 0.6) is 0 Å². The minimum absolute atomic E-state index is 0.0187. The smallest absolute Gasteiger partial charge is 0.223 e. The number of aromatic nitrogens is 3. The summed E-state index contributed by atoms with van der Waals surface area (Å²) < 4.78 is 0. The van der Waals surface area contributed by atoms with E-state index in [1.165, 1.54) is 5.56 Å². The molecule has 1 amide bonds. The number of benzene rings is 1. The Balaban J connectivity index is 1.67. The van der Waals surface area contributed by atoms with E-state index in [1.54, 1.807) is 0 Å². The highest BCUT2D eigenvalue weighted by Crippen LogP contribution is 2.29. The molecule has 0 radical (unpaired) electrons. The molecule has 2 aromatic rings. The van der Waals surface area contributed by atoms with Crippen molar-refractivity contribution in [2.45, 2.75) is 51.5 Å². The van der Waals surface area contributed by atoms with Gasteiger partial charge in [-0.2, -0.15) is 15.4 Å². The SMILES string of the molecule is CC(c1ccccc1)C(C)(C)NC(=O)C1CCc2n[nH]nc2C1. The molecule has 2 N–H and O–H groups in total. The predicted molar refractivity (Wildman–Crippen MR) is 89.0 cm³/mol. The largest absolute Gasteiger partial charge is 0.350 e. The first-order valence-electron chi connectivity index (χ1n) is 8.23. The normalized spacial score (nSPS) is 19.0. The van der Waals surface area contributed by atoms with E-state index in [4.69, 9.17) is 0 Å². The highest BCUT2D eigenvalue weighted by Gasteiger charge is 2.33. The molecule has 5 nitrogen and oxygen atoms in total. The number of carbonyl (C=O) groups excluding carboxylic acids is 1. The second kappa shape index (κ2) is 6.14. The van der Waals surface area contributed by atoms with E-state index >= 15 is 0 Å². The van der Waals surface area contributed by atoms with Gasteiger partial charge in [0.15, 0.2) is 0 Å². The van der Waals surface area contributed by atoms with Gasteiger partial charge in [0.2, 0.25) is 5.91 Å². The van der Waals surface area contributed by atoms with Crippen molar-refractivity contribution in [1.82, 2.24) is 20.7 Å². The van der Waals surface area contributed by atoms with Crippen molar-refractivity contribution in [3.05, 3.63) is 47.3 Å². The van der Waals surface area contributed by atoms with Gasteiger partial charge in [0.25, 0.3) is 0 Å². The number of nitrogens with one attached hydrogen (secondary N) is 2. The average molecular weight is 312 g/mol. The summed E-state index contributed by atoms with van der Waals surface area (Å²) in [5, 5.41) is 14.2. The van der Waals surface area contributed by atoms with Gasteiger partial charge in [0, 0.05) is 23.8 Å². The van der Waals surface area contributed by atoms with Gasteiger partial charge < -0.3 is 5.32 Å². The molecule has 0 saturated heterocycles. The lowest BCUT2D eigenvalue weighted by atomic mass is 9.82. The van der Waals surface area contributed by atoms with Crippen molar-refractivity contribution in [2.24, 2.45) is 5.92 Å². The van der Waals surface area contributed by atoms with Gasteiger partial charge in [0.05, 0.1) is 11.4 Å². The average Bonchev–Trinajstić information content (AvgIpc) is 3.02. The summed E-state index contributed by atoms with van der Waals surface area (Å²) in [4.78, 5) is 12.7. The zero-order chi connectivity index (χ0) is 16.4. The van der Waals surface area contributed by atoms with E-state index in [9.17, 15) is 4.79 Å². The van der Waals surface area contributed by atoms with Crippen molar-refractivity contribution in [3.63, 3.8) is 0 Å². The highest BCUT2D eigenvalue weighted by atomic mass is 16.2. The maximum absolute atomic E-state index is 12.7. The van der Waals surface area contributed by atoms with E-state index in [1.807, 2.05) is 18.2 Å². The minimum Gasteiger partial charge on any atom is -0.350 e. The maximum Gasteiger partial charge on any atom is 0.223 e. The predicted octanol–water partition coefficient (Wildman–Crippen LogP) is 2.61. The number of nitrogens with zero attached hydrogens (tertiary/aromatic N) is 2. The Hall–Kier alpha value is -2.17. The third-order valence-corrected chi connectivity index (χ3v) is 5.07. The minimum atomic E-state index is -0.303. The third kappa shape index (κ3) is 3.28. The van der Waals surface area contributed by atoms with E-state index < -0.39 is 0 Å². The summed E-state index contributed by atoms with van der Waals surface area (Å²) in [7, 11) is 0. The molecule has 0 bridgehead atoms. The van der Waals surface area contributed by atoms with Crippen molar-refractivity contribution in [2.75, 3.05) is 0 Å². The van der Waals surface area contributed by atoms with Crippen molar-refractivity contribution in [3.8, 4) is 0 Å². The van der Waals surface area contributed by atoms with Gasteiger partial charge in [-0.3, -0.25) is 4.79 Å². The lowest BCUT2D eigenvalue weighted by molar-refractivity contribution is -0.127. The van der Waals surface area contributed by atoms with Gasteiger partial charge in [-0.05, 0) is 32.3 Å². The zero-order valence-electron chi connectivity index (χ0n) is 14.0. The van der Waals surface area contributed by atoms with E-state index in [-0.39, 0.29) is 23.3 Å². The molecule has 0 saturated carbocycles. The lowest BCUT2D eigenvalue weighted by Crippen LogP contribution is -2.50. The van der Waals surface area contributed by atoms with Crippen LogP contribution in [0.2, 0.25) is 0 Å². The second-order valence-electron chi connectivity index (χ2n) is 7.00. The molecule has 0 spiro atoms. The third-order valence-electron chi connectivity index (χ3n) is 5.07. The number of rotatable bonds is 4. The number of aryl methyl sites for hydroxylation is 1. The molecule has 1 heterocycles. The summed E-state index contributed by atoms with van der Waals surface area (Å²) in [6.07, 6.45) is 2.33. The molecule has 1 aliphatic carbocycles. The fourth-order valence-corrected chi connectivity index (χ4v) is 3.19. The Morgan fingerprint density at radius 2 is 1.96 bits per heavy atom. The summed E-state index contributed by atoms with van der Waals surface area (Å²) in [5.74, 6) is 0.333. The molecule has 1 aliphatic rings. The van der Waals surface area contributed by atoms with Crippen molar-refractivity contribution >= 4 is 5.91 Å². The highest BCUT2D eigenvalue weighted by molar-refractivity contribution is 5.80. The summed E-state index contributed by atoms with van der Waals surface area (Å²) in [5.41, 5.74) is 2.87. The summed E-state index contributed by atoms with van der Waals surface area (Å²) in [6, 6.07) is 10.3. The van der Waals surface area contributed by atoms with Crippen LogP contribution in [0.1, 0.15) is 50.1 Å². The first-order chi connectivity index (χ1) is 11.0. The summed E-state index contributed by atoms with van der Waals surface area (Å²) >= 11 is 0. The molecule has 2 atom stereocenters. The molecule has 1 aromatic carbocycles. The first kappa shape index (κ1) is 15.7. The van der Waals surface area contributed by atoms with Crippen LogP contribution >= 0.6 is 0 Å². The van der Waals surface area contributed by atoms with E-state index in [2.05, 4.69) is 53.6 Å². The first-order valence-corrected chi connectivity index (χ1v) is 8.23. The number of hydrogen-bond donors (Lipinski definition) is 2. The molecule has 0 aliphatic heterocycles. The van der Waals surface area contributed by atoms with E-state index in [0.29, 0.717) is 6.42 Å². The molecular formula is C18H24N4O. The Morgan fingerprint density at radius 1 is 1.26 bits per heavy atom. The number of amides is 1. The monoisotopic (exact) mass is 312 g/mol. The van der Waals surface area contributed by atoms with Gasteiger partial charge in [-0.15, -0.1) is 0 Å². The van der Waals surface area contributed by atoms with Gasteiger partial charge in [-0.1, -0.05) is 37.3 Å². The van der Waals surface area contributed by atoms with Crippen molar-refractivity contribution < 1.29 is 4.79 Å². The number of carbonyl (C=O) groups is 1. The fourth-order valence-electron chi connectivity index (χ4n) is 3.19. The molecule has 0 fully saturated rings. The number of aromatic amines is 1. The number of H-pyrrole nitrogens is 1. The standard InChI is InChI=1S/C18H24N4O/c1-12(13-7-5-4-6-8-13)18(2,3)19-17(23)14-9-10-15-16(11-14)21-22-20-15/h4-8,12,14H,9-11H2,1-3H3,(H,19,23)(H,20,21,22). The molecule has 1 aromatic heterocycles. The van der Waals surface area contributed by atoms with Crippen LogP contribution in [-0.2, 0) is 17.6 Å². The molecule has 23 heavy (non-hydrogen) atoms. The maximum atomic E-state index is 12.7. The Labute approximate surface area is 136 Å². The van der Waals surface area contributed by atoms with Gasteiger partial charge >= 0.3 is 0 Å². The van der Waals surface area contributed by atoms with Crippen LogP contribution in [0, 0.1) is 5.92 Å². The van der Waals surface area contributed by atoms with Crippen LogP contribution in [0.3, 0.4) is 0 Å². The lowest BCUT2D eigenvalue weighted by Gasteiger charge is -2.35. The van der Waals surface area contributed by atoms with Crippen molar-refractivity contribution in [1.29, 1.82) is 0 Å². The topological polar surface area (TPSA) is 70.7 Å². The van der Waals surface area contributed by atoms with Crippen LogP contribution in [0.25, 0.3) is 0 Å². The fraction of sp³-hybridized carbons (Fsp3) is 0.500. The van der Waals surface area contributed by atoms with Gasteiger partial charge in [-0.25, -0.2) is 0 Å². The Kier molecular flexibility index (Phi) is 4.20. The van der Waals surface area contributed by atoms with Crippen LogP contribution in [0.4, 0.5) is 0 Å². The quantitative estimate of drug-likeness (QED) is 0.911. The number of hydrogen-bond acceptors (Lipinski definition) is 3. The Morgan fingerprint density at radius 3 is 2.70 bits per heavy atom. The molecule has 3 rings (SSSR count). The molecule has 5 heteroatoms. The number of fused-ring (bicyclic) bond motifs is 1. The van der Waals surface area contributed by atoms with Gasteiger partial charge in [0.1, 0.15) is 0 Å². The Bertz CT molecular complexity index is 677. The molecule has 2 unspecified atom stereocenters. The second-order valence-corrected chi connectivity index (χ2v) is 7.00. The zero-order valence-corrected chi connectivity index (χ0v) is 14.0. The molecular weight excluding hydrogens is 288 g/mol. The molecule has 122 valence electrons. The van der Waals surface area contributed by atoms with E-state index in [0.717, 1.165) is 24.2 Å². The van der Waals surface area contributed by atoms with Crippen LogP contribution in [0.15, 0.2) is 30.3 Å². The van der Waals surface area contributed by atoms with Crippen LogP contribution in [-0.4, -0.2) is 26.9 Å². The van der Waals surface area contributed by atoms with Crippen LogP contribution < -0.4 is 5.32 Å².